The summed E-state index contributed by atoms with van der Waals surface area (Å²) in [6.45, 7) is 2.87. The van der Waals surface area contributed by atoms with Gasteiger partial charge in [-0.15, -0.1) is 11.6 Å². The highest BCUT2D eigenvalue weighted by molar-refractivity contribution is 6.19. The molecule has 0 aromatic carbocycles. The van der Waals surface area contributed by atoms with Gasteiger partial charge in [0.15, 0.2) is 0 Å². The third kappa shape index (κ3) is 6.04. The Morgan fingerprint density at radius 2 is 2.33 bits per heavy atom. The molecule has 0 aromatic heterocycles. The van der Waals surface area contributed by atoms with Crippen molar-refractivity contribution >= 4 is 17.6 Å². The van der Waals surface area contributed by atoms with Crippen LogP contribution in [0.4, 0.5) is 0 Å². The minimum atomic E-state index is -0.837. The number of aliphatic carboxylic acids is 1. The number of carbonyl (C=O) groups is 1. The van der Waals surface area contributed by atoms with Gasteiger partial charge in [-0.2, -0.15) is 0 Å². The summed E-state index contributed by atoms with van der Waals surface area (Å²) in [5.41, 5.74) is 0.793. The minimum absolute atomic E-state index is 0.0266. The van der Waals surface area contributed by atoms with Gasteiger partial charge in [0.25, 0.3) is 0 Å². The van der Waals surface area contributed by atoms with Gasteiger partial charge in [-0.25, -0.2) is 0 Å². The predicted octanol–water partition coefficient (Wildman–Crippen LogP) is 1.58. The summed E-state index contributed by atoms with van der Waals surface area (Å²) in [6.07, 6.45) is 2.63. The molecule has 0 amide bonds. The molecule has 0 spiro atoms. The van der Waals surface area contributed by atoms with Crippen molar-refractivity contribution in [2.24, 2.45) is 0 Å². The van der Waals surface area contributed by atoms with Crippen LogP contribution >= 0.6 is 11.6 Å². The molecule has 0 fully saturated rings. The zero-order chi connectivity index (χ0) is 9.40. The molecule has 0 radical (unpaired) electrons. The van der Waals surface area contributed by atoms with Crippen molar-refractivity contribution in [2.45, 2.75) is 19.8 Å². The third-order valence-electron chi connectivity index (χ3n) is 1.27. The number of carboxylic acids is 1. The summed E-state index contributed by atoms with van der Waals surface area (Å²) in [6, 6.07) is 0. The number of hydrogen-bond acceptors (Lipinski definition) is 2. The average molecular weight is 192 g/mol. The van der Waals surface area contributed by atoms with Crippen LogP contribution in [0.3, 0.4) is 0 Å². The normalized spacial score (nSPS) is 11.3. The van der Waals surface area contributed by atoms with Crippen LogP contribution in [0.25, 0.3) is 0 Å². The van der Waals surface area contributed by atoms with Crippen LogP contribution < -0.4 is 5.32 Å². The molecule has 0 aliphatic carbocycles. The van der Waals surface area contributed by atoms with Gasteiger partial charge in [-0.05, 0) is 6.42 Å². The number of hydrogen-bond donors (Lipinski definition) is 2. The molecule has 4 heteroatoms. The van der Waals surface area contributed by atoms with Gasteiger partial charge in [0.05, 0.1) is 12.3 Å². The maximum absolute atomic E-state index is 10.2. The molecule has 0 saturated carbocycles. The van der Waals surface area contributed by atoms with Crippen molar-refractivity contribution in [2.75, 3.05) is 12.4 Å². The quantitative estimate of drug-likeness (QED) is 0.627. The average Bonchev–Trinajstić information content (AvgIpc) is 2.05. The third-order valence-corrected chi connectivity index (χ3v) is 1.56. The van der Waals surface area contributed by atoms with E-state index in [9.17, 15) is 4.79 Å². The van der Waals surface area contributed by atoms with E-state index in [1.54, 1.807) is 6.08 Å². The van der Waals surface area contributed by atoms with Crippen molar-refractivity contribution in [1.82, 2.24) is 5.32 Å². The fourth-order valence-electron chi connectivity index (χ4n) is 0.670. The lowest BCUT2D eigenvalue weighted by atomic mass is 10.3. The summed E-state index contributed by atoms with van der Waals surface area (Å²) >= 11 is 5.56. The fraction of sp³-hybridized carbons (Fsp3) is 0.625. The first-order valence-corrected chi connectivity index (χ1v) is 4.44. The summed E-state index contributed by atoms with van der Waals surface area (Å²) < 4.78 is 0. The Bertz CT molecular complexity index is 168. The maximum Gasteiger partial charge on any atom is 0.307 e. The number of nitrogens with one attached hydrogen (secondary N) is 1. The highest BCUT2D eigenvalue weighted by Crippen LogP contribution is 1.96. The van der Waals surface area contributed by atoms with Crippen molar-refractivity contribution < 1.29 is 9.90 Å². The van der Waals surface area contributed by atoms with Crippen LogP contribution in [0.2, 0.25) is 0 Å². The Hall–Kier alpha value is -0.700. The molecule has 0 rings (SSSR count). The molecule has 0 saturated heterocycles. The molecule has 70 valence electrons. The second-order valence-corrected chi connectivity index (χ2v) is 2.65. The Morgan fingerprint density at radius 1 is 1.67 bits per heavy atom. The fourth-order valence-corrected chi connectivity index (χ4v) is 0.874. The highest BCUT2D eigenvalue weighted by atomic mass is 35.5. The van der Waals surface area contributed by atoms with Gasteiger partial charge in [0.2, 0.25) is 0 Å². The molecular weight excluding hydrogens is 178 g/mol. The molecule has 0 aromatic rings. The standard InChI is InChI=1S/C8H14ClNO2/c1-2-5-10-7(6-9)3-4-8(11)12/h3,10H,2,4-6H2,1H3,(H,11,12). The van der Waals surface area contributed by atoms with Gasteiger partial charge < -0.3 is 10.4 Å². The Balaban J connectivity index is 3.78. The zero-order valence-electron chi connectivity index (χ0n) is 7.14. The lowest BCUT2D eigenvalue weighted by molar-refractivity contribution is -0.136. The molecule has 0 bridgehead atoms. The Morgan fingerprint density at radius 3 is 2.75 bits per heavy atom. The number of allylic oxidation sites excluding steroid dienone is 1. The predicted molar refractivity (Wildman–Crippen MR) is 49.3 cm³/mol. The summed E-state index contributed by atoms with van der Waals surface area (Å²) in [7, 11) is 0. The van der Waals surface area contributed by atoms with Crippen LogP contribution in [-0.2, 0) is 4.79 Å². The van der Waals surface area contributed by atoms with Gasteiger partial charge in [-0.3, -0.25) is 4.79 Å². The number of halogens is 1. The van der Waals surface area contributed by atoms with Crippen molar-refractivity contribution in [3.63, 3.8) is 0 Å². The molecule has 3 nitrogen and oxygen atoms in total. The van der Waals surface area contributed by atoms with E-state index in [4.69, 9.17) is 16.7 Å². The Kier molecular flexibility index (Phi) is 6.57. The molecule has 2 N–H and O–H groups in total. The number of carboxylic acid groups (broad SMARTS) is 1. The molecule has 0 atom stereocenters. The minimum Gasteiger partial charge on any atom is -0.481 e. The van der Waals surface area contributed by atoms with Gasteiger partial charge in [0, 0.05) is 12.2 Å². The molecular formula is C8H14ClNO2. The van der Waals surface area contributed by atoms with E-state index in [0.717, 1.165) is 18.7 Å². The van der Waals surface area contributed by atoms with Crippen LogP contribution in [0.1, 0.15) is 19.8 Å². The van der Waals surface area contributed by atoms with Crippen molar-refractivity contribution in [1.29, 1.82) is 0 Å². The van der Waals surface area contributed by atoms with E-state index < -0.39 is 5.97 Å². The molecule has 12 heavy (non-hydrogen) atoms. The molecule has 0 heterocycles. The summed E-state index contributed by atoms with van der Waals surface area (Å²) in [5, 5.41) is 11.4. The number of rotatable bonds is 6. The second-order valence-electron chi connectivity index (χ2n) is 2.39. The van der Waals surface area contributed by atoms with Gasteiger partial charge >= 0.3 is 5.97 Å². The topological polar surface area (TPSA) is 49.3 Å². The van der Waals surface area contributed by atoms with Gasteiger partial charge in [-0.1, -0.05) is 13.0 Å². The summed E-state index contributed by atoms with van der Waals surface area (Å²) in [5.74, 6) is -0.497. The SMILES string of the molecule is CCCNC(=CCC(=O)O)CCl. The zero-order valence-corrected chi connectivity index (χ0v) is 7.90. The van der Waals surface area contributed by atoms with E-state index in [0.29, 0.717) is 5.88 Å². The van der Waals surface area contributed by atoms with E-state index in [-0.39, 0.29) is 6.42 Å². The largest absolute Gasteiger partial charge is 0.481 e. The van der Waals surface area contributed by atoms with Crippen molar-refractivity contribution in [3.05, 3.63) is 11.8 Å². The monoisotopic (exact) mass is 191 g/mol. The lowest BCUT2D eigenvalue weighted by Gasteiger charge is -2.05. The smallest absolute Gasteiger partial charge is 0.307 e. The first kappa shape index (κ1) is 11.3. The van der Waals surface area contributed by atoms with Crippen LogP contribution in [-0.4, -0.2) is 23.5 Å². The summed E-state index contributed by atoms with van der Waals surface area (Å²) in [4.78, 5) is 10.2. The lowest BCUT2D eigenvalue weighted by Crippen LogP contribution is -2.15. The van der Waals surface area contributed by atoms with E-state index >= 15 is 0 Å². The van der Waals surface area contributed by atoms with Crippen LogP contribution in [0.15, 0.2) is 11.8 Å². The van der Waals surface area contributed by atoms with E-state index in [2.05, 4.69) is 5.32 Å². The maximum atomic E-state index is 10.2. The first-order chi connectivity index (χ1) is 5.70. The number of alkyl halides is 1. The van der Waals surface area contributed by atoms with E-state index in [1.807, 2.05) is 6.92 Å². The van der Waals surface area contributed by atoms with Crippen LogP contribution in [0.5, 0.6) is 0 Å². The molecule has 0 aliphatic heterocycles. The molecule has 0 unspecified atom stereocenters. The van der Waals surface area contributed by atoms with Crippen molar-refractivity contribution in [3.8, 4) is 0 Å². The second kappa shape index (κ2) is 6.98. The van der Waals surface area contributed by atoms with Crippen LogP contribution in [0, 0.1) is 0 Å². The highest BCUT2D eigenvalue weighted by Gasteiger charge is 1.96. The Labute approximate surface area is 77.4 Å². The molecule has 0 aliphatic rings. The van der Waals surface area contributed by atoms with E-state index in [1.165, 1.54) is 0 Å². The van der Waals surface area contributed by atoms with Gasteiger partial charge in [0.1, 0.15) is 0 Å². The first-order valence-electron chi connectivity index (χ1n) is 3.91.